The van der Waals surface area contributed by atoms with Gasteiger partial charge in [-0.05, 0) is 37.8 Å². The van der Waals surface area contributed by atoms with Gasteiger partial charge >= 0.3 is 5.97 Å². The normalized spacial score (nSPS) is 14.2. The Morgan fingerprint density at radius 2 is 2.25 bits per heavy atom. The second-order valence-electron chi connectivity index (χ2n) is 5.14. The average Bonchev–Trinajstić information content (AvgIpc) is 3.11. The van der Waals surface area contributed by atoms with Crippen molar-refractivity contribution in [3.63, 3.8) is 0 Å². The predicted octanol–water partition coefficient (Wildman–Crippen LogP) is 3.14. The van der Waals surface area contributed by atoms with Crippen molar-refractivity contribution in [2.24, 2.45) is 5.92 Å². The van der Waals surface area contributed by atoms with Gasteiger partial charge in [0.2, 0.25) is 0 Å². The zero-order chi connectivity index (χ0) is 14.1. The molecule has 0 bridgehead atoms. The van der Waals surface area contributed by atoms with Gasteiger partial charge in [-0.15, -0.1) is 0 Å². The first kappa shape index (κ1) is 12.7. The monoisotopic (exact) mass is 273 g/mol. The molecule has 1 aromatic heterocycles. The van der Waals surface area contributed by atoms with E-state index in [1.807, 2.05) is 25.1 Å². The lowest BCUT2D eigenvalue weighted by molar-refractivity contribution is 0.0686. The van der Waals surface area contributed by atoms with Crippen molar-refractivity contribution in [3.8, 4) is 17.1 Å². The van der Waals surface area contributed by atoms with Gasteiger partial charge in [0.05, 0.1) is 12.2 Å². The van der Waals surface area contributed by atoms with Crippen LogP contribution in [0.1, 0.15) is 28.9 Å². The summed E-state index contributed by atoms with van der Waals surface area (Å²) in [7, 11) is 0. The average molecular weight is 273 g/mol. The van der Waals surface area contributed by atoms with Crippen LogP contribution in [0.3, 0.4) is 0 Å². The van der Waals surface area contributed by atoms with Crippen molar-refractivity contribution >= 4 is 5.97 Å². The molecular formula is C15H15NO4. The lowest BCUT2D eigenvalue weighted by atomic mass is 10.1. The highest BCUT2D eigenvalue weighted by Gasteiger charge is 2.23. The first-order valence-corrected chi connectivity index (χ1v) is 6.57. The fraction of sp³-hybridized carbons (Fsp3) is 0.333. The van der Waals surface area contributed by atoms with E-state index in [1.54, 1.807) is 0 Å². The molecule has 104 valence electrons. The Hall–Kier alpha value is -2.30. The van der Waals surface area contributed by atoms with Crippen LogP contribution in [0.2, 0.25) is 0 Å². The van der Waals surface area contributed by atoms with E-state index in [4.69, 9.17) is 14.4 Å². The highest BCUT2D eigenvalue weighted by atomic mass is 16.5. The summed E-state index contributed by atoms with van der Waals surface area (Å²) >= 11 is 0. The number of aromatic carboxylic acids is 1. The van der Waals surface area contributed by atoms with Gasteiger partial charge in [-0.3, -0.25) is 0 Å². The van der Waals surface area contributed by atoms with Gasteiger partial charge in [-0.2, -0.15) is 0 Å². The standard InChI is InChI=1S/C15H15NO4/c1-9-2-5-13(19-8-10-3-4-10)11(6-9)14-7-12(15(17)18)16-20-14/h2,5-7,10H,3-4,8H2,1H3,(H,17,18). The zero-order valence-corrected chi connectivity index (χ0v) is 11.1. The third-order valence-corrected chi connectivity index (χ3v) is 3.30. The van der Waals surface area contributed by atoms with E-state index in [9.17, 15) is 4.79 Å². The number of benzene rings is 1. The van der Waals surface area contributed by atoms with E-state index in [1.165, 1.54) is 18.9 Å². The summed E-state index contributed by atoms with van der Waals surface area (Å²) < 4.78 is 10.9. The van der Waals surface area contributed by atoms with E-state index in [0.29, 0.717) is 24.0 Å². The van der Waals surface area contributed by atoms with E-state index < -0.39 is 5.97 Å². The van der Waals surface area contributed by atoms with Crippen LogP contribution in [-0.4, -0.2) is 22.8 Å². The van der Waals surface area contributed by atoms with Crippen LogP contribution in [0.15, 0.2) is 28.8 Å². The molecular weight excluding hydrogens is 258 g/mol. The topological polar surface area (TPSA) is 72.6 Å². The first-order valence-electron chi connectivity index (χ1n) is 6.57. The molecule has 1 aliphatic rings. The molecule has 0 atom stereocenters. The Bertz CT molecular complexity index is 643. The van der Waals surface area contributed by atoms with Crippen LogP contribution in [0, 0.1) is 12.8 Å². The maximum Gasteiger partial charge on any atom is 0.358 e. The molecule has 5 nitrogen and oxygen atoms in total. The van der Waals surface area contributed by atoms with Crippen molar-refractivity contribution in [1.82, 2.24) is 5.16 Å². The predicted molar refractivity (Wildman–Crippen MR) is 71.9 cm³/mol. The molecule has 1 N–H and O–H groups in total. The van der Waals surface area contributed by atoms with Crippen LogP contribution in [0.4, 0.5) is 0 Å². The number of aromatic nitrogens is 1. The molecule has 0 spiro atoms. The molecule has 0 saturated heterocycles. The van der Waals surface area contributed by atoms with Crippen LogP contribution < -0.4 is 4.74 Å². The van der Waals surface area contributed by atoms with Gasteiger partial charge < -0.3 is 14.4 Å². The van der Waals surface area contributed by atoms with Crippen molar-refractivity contribution in [2.45, 2.75) is 19.8 Å². The quantitative estimate of drug-likeness (QED) is 0.906. The molecule has 1 aromatic carbocycles. The highest BCUT2D eigenvalue weighted by molar-refractivity contribution is 5.86. The summed E-state index contributed by atoms with van der Waals surface area (Å²) in [5, 5.41) is 12.4. The molecule has 0 aliphatic heterocycles. The van der Waals surface area contributed by atoms with Crippen molar-refractivity contribution in [1.29, 1.82) is 0 Å². The van der Waals surface area contributed by atoms with Gasteiger partial charge in [-0.25, -0.2) is 4.79 Å². The number of hydrogen-bond acceptors (Lipinski definition) is 4. The number of hydrogen-bond donors (Lipinski definition) is 1. The van der Waals surface area contributed by atoms with Gasteiger partial charge in [0, 0.05) is 6.07 Å². The second kappa shape index (κ2) is 5.00. The Labute approximate surface area is 116 Å². The minimum atomic E-state index is -1.10. The van der Waals surface area contributed by atoms with Gasteiger partial charge in [-0.1, -0.05) is 16.8 Å². The van der Waals surface area contributed by atoms with Gasteiger partial charge in [0.25, 0.3) is 0 Å². The Morgan fingerprint density at radius 1 is 1.45 bits per heavy atom. The van der Waals surface area contributed by atoms with Gasteiger partial charge in [0.15, 0.2) is 11.5 Å². The number of rotatable bonds is 5. The first-order chi connectivity index (χ1) is 9.63. The molecule has 0 amide bonds. The summed E-state index contributed by atoms with van der Waals surface area (Å²) in [6.07, 6.45) is 2.43. The number of aryl methyl sites for hydroxylation is 1. The fourth-order valence-electron chi connectivity index (χ4n) is 1.96. The summed E-state index contributed by atoms with van der Waals surface area (Å²) in [5.41, 5.74) is 1.69. The molecule has 1 fully saturated rings. The largest absolute Gasteiger partial charge is 0.493 e. The number of ether oxygens (including phenoxy) is 1. The third kappa shape index (κ3) is 2.66. The SMILES string of the molecule is Cc1ccc(OCC2CC2)c(-c2cc(C(=O)O)no2)c1. The Morgan fingerprint density at radius 3 is 2.90 bits per heavy atom. The second-order valence-corrected chi connectivity index (χ2v) is 5.14. The van der Waals surface area contributed by atoms with Crippen LogP contribution in [-0.2, 0) is 0 Å². The van der Waals surface area contributed by atoms with Gasteiger partial charge in [0.1, 0.15) is 5.75 Å². The van der Waals surface area contributed by atoms with Crippen LogP contribution in [0.5, 0.6) is 5.75 Å². The van der Waals surface area contributed by atoms with Crippen LogP contribution in [0.25, 0.3) is 11.3 Å². The lowest BCUT2D eigenvalue weighted by Gasteiger charge is -2.10. The minimum absolute atomic E-state index is 0.102. The molecule has 1 heterocycles. The number of nitrogens with zero attached hydrogens (tertiary/aromatic N) is 1. The third-order valence-electron chi connectivity index (χ3n) is 3.30. The van der Waals surface area contributed by atoms with E-state index >= 15 is 0 Å². The summed E-state index contributed by atoms with van der Waals surface area (Å²) in [6.45, 7) is 2.65. The van der Waals surface area contributed by atoms with Crippen molar-refractivity contribution < 1.29 is 19.2 Å². The smallest absolute Gasteiger partial charge is 0.358 e. The highest BCUT2D eigenvalue weighted by Crippen LogP contribution is 2.34. The molecule has 3 rings (SSSR count). The molecule has 20 heavy (non-hydrogen) atoms. The molecule has 2 aromatic rings. The van der Waals surface area contributed by atoms with Crippen LogP contribution >= 0.6 is 0 Å². The van der Waals surface area contributed by atoms with E-state index in [-0.39, 0.29) is 5.69 Å². The van der Waals surface area contributed by atoms with Crippen molar-refractivity contribution in [3.05, 3.63) is 35.5 Å². The summed E-state index contributed by atoms with van der Waals surface area (Å²) in [6, 6.07) is 7.17. The maximum absolute atomic E-state index is 10.9. The molecule has 0 unspecified atom stereocenters. The fourth-order valence-corrected chi connectivity index (χ4v) is 1.96. The number of carboxylic acid groups (broad SMARTS) is 1. The molecule has 1 aliphatic carbocycles. The Kier molecular flexibility index (Phi) is 3.18. The Balaban J connectivity index is 1.91. The summed E-state index contributed by atoms with van der Waals surface area (Å²) in [4.78, 5) is 10.9. The molecule has 1 saturated carbocycles. The zero-order valence-electron chi connectivity index (χ0n) is 11.1. The molecule has 5 heteroatoms. The molecule has 0 radical (unpaired) electrons. The van der Waals surface area contributed by atoms with E-state index in [0.717, 1.165) is 11.1 Å². The van der Waals surface area contributed by atoms with E-state index in [2.05, 4.69) is 5.16 Å². The van der Waals surface area contributed by atoms with Crippen molar-refractivity contribution in [2.75, 3.05) is 6.61 Å². The lowest BCUT2D eigenvalue weighted by Crippen LogP contribution is -2.00. The summed E-state index contributed by atoms with van der Waals surface area (Å²) in [5.74, 6) is 0.661. The number of carbonyl (C=O) groups is 1. The minimum Gasteiger partial charge on any atom is -0.493 e. The number of carboxylic acids is 1. The maximum atomic E-state index is 10.9.